The molecule has 114 valence electrons. The molecule has 2 N–H and O–H groups in total. The number of para-hydroxylation sites is 1. The molecule has 1 aliphatic heterocycles. The first kappa shape index (κ1) is 16.0. The Morgan fingerprint density at radius 3 is 2.86 bits per heavy atom. The van der Waals surface area contributed by atoms with Crippen molar-refractivity contribution in [1.29, 1.82) is 0 Å². The van der Waals surface area contributed by atoms with Crippen molar-refractivity contribution in [2.75, 3.05) is 25.0 Å². The number of carbonyl (C=O) groups is 2. The summed E-state index contributed by atoms with van der Waals surface area (Å²) in [7, 11) is 0. The number of nitrogens with one attached hydrogen (secondary N) is 1. The molecule has 1 amide bonds. The van der Waals surface area contributed by atoms with Crippen LogP contribution in [-0.4, -0.2) is 41.5 Å². The number of anilines is 1. The second kappa shape index (κ2) is 7.56. The number of halogens is 1. The zero-order valence-corrected chi connectivity index (χ0v) is 13.3. The standard InChI is InChI=1S/C15H19BrN2O3/c16-12-3-1-2-4-13(12)17-14(19)10-18-8-7-11(9-18)5-6-15(20)21/h1-4,11H,5-10H2,(H,17,19)(H,20,21). The molecule has 0 spiro atoms. The minimum atomic E-state index is -0.750. The zero-order valence-electron chi connectivity index (χ0n) is 11.7. The number of likely N-dealkylation sites (tertiary alicyclic amines) is 1. The summed E-state index contributed by atoms with van der Waals surface area (Å²) >= 11 is 3.40. The van der Waals surface area contributed by atoms with E-state index >= 15 is 0 Å². The van der Waals surface area contributed by atoms with E-state index < -0.39 is 5.97 Å². The van der Waals surface area contributed by atoms with Gasteiger partial charge in [0.2, 0.25) is 5.91 Å². The Hall–Kier alpha value is -1.40. The Labute approximate surface area is 132 Å². The fraction of sp³-hybridized carbons (Fsp3) is 0.467. The summed E-state index contributed by atoms with van der Waals surface area (Å²) in [6.07, 6.45) is 1.87. The van der Waals surface area contributed by atoms with Crippen molar-refractivity contribution >= 4 is 33.5 Å². The van der Waals surface area contributed by atoms with E-state index in [1.54, 1.807) is 0 Å². The fourth-order valence-electron chi connectivity index (χ4n) is 2.58. The monoisotopic (exact) mass is 354 g/mol. The van der Waals surface area contributed by atoms with Gasteiger partial charge < -0.3 is 10.4 Å². The average Bonchev–Trinajstić information content (AvgIpc) is 2.86. The van der Waals surface area contributed by atoms with Crippen LogP contribution < -0.4 is 5.32 Å². The largest absolute Gasteiger partial charge is 0.481 e. The van der Waals surface area contributed by atoms with E-state index in [0.29, 0.717) is 18.9 Å². The van der Waals surface area contributed by atoms with Crippen LogP contribution in [0.4, 0.5) is 5.69 Å². The summed E-state index contributed by atoms with van der Waals surface area (Å²) in [5.74, 6) is -0.404. The van der Waals surface area contributed by atoms with Gasteiger partial charge in [-0.3, -0.25) is 14.5 Å². The highest BCUT2D eigenvalue weighted by atomic mass is 79.9. The number of benzene rings is 1. The van der Waals surface area contributed by atoms with Crippen LogP contribution in [0.5, 0.6) is 0 Å². The number of aliphatic carboxylic acids is 1. The van der Waals surface area contributed by atoms with Crippen molar-refractivity contribution in [2.24, 2.45) is 5.92 Å². The predicted molar refractivity (Wildman–Crippen MR) is 84.2 cm³/mol. The van der Waals surface area contributed by atoms with Gasteiger partial charge >= 0.3 is 5.97 Å². The summed E-state index contributed by atoms with van der Waals surface area (Å²) in [6, 6.07) is 7.50. The lowest BCUT2D eigenvalue weighted by molar-refractivity contribution is -0.137. The van der Waals surface area contributed by atoms with E-state index in [-0.39, 0.29) is 12.3 Å². The topological polar surface area (TPSA) is 69.6 Å². The summed E-state index contributed by atoms with van der Waals surface area (Å²) in [5.41, 5.74) is 0.768. The summed E-state index contributed by atoms with van der Waals surface area (Å²) < 4.78 is 0.860. The minimum absolute atomic E-state index is 0.0409. The number of carboxylic acid groups (broad SMARTS) is 1. The van der Waals surface area contributed by atoms with Crippen LogP contribution >= 0.6 is 15.9 Å². The predicted octanol–water partition coefficient (Wildman–Crippen LogP) is 2.57. The number of hydrogen-bond acceptors (Lipinski definition) is 3. The molecule has 5 nitrogen and oxygen atoms in total. The van der Waals surface area contributed by atoms with Gasteiger partial charge in [0.25, 0.3) is 0 Å². The maximum absolute atomic E-state index is 12.0. The molecule has 21 heavy (non-hydrogen) atoms. The van der Waals surface area contributed by atoms with E-state index in [1.807, 2.05) is 24.3 Å². The first-order valence-electron chi connectivity index (χ1n) is 7.03. The molecule has 1 saturated heterocycles. The highest BCUT2D eigenvalue weighted by Gasteiger charge is 2.24. The molecule has 0 radical (unpaired) electrons. The van der Waals surface area contributed by atoms with E-state index in [0.717, 1.165) is 29.7 Å². The van der Waals surface area contributed by atoms with Gasteiger partial charge in [0.15, 0.2) is 0 Å². The number of nitrogens with zero attached hydrogens (tertiary/aromatic N) is 1. The second-order valence-electron chi connectivity index (χ2n) is 5.35. The van der Waals surface area contributed by atoms with Crippen molar-refractivity contribution in [2.45, 2.75) is 19.3 Å². The molecule has 0 saturated carbocycles. The van der Waals surface area contributed by atoms with Gasteiger partial charge in [-0.15, -0.1) is 0 Å². The van der Waals surface area contributed by atoms with Gasteiger partial charge in [-0.2, -0.15) is 0 Å². The molecule has 0 aliphatic carbocycles. The summed E-state index contributed by atoms with van der Waals surface area (Å²) in [6.45, 7) is 2.01. The molecule has 0 aromatic heterocycles. The van der Waals surface area contributed by atoms with Crippen LogP contribution in [0.25, 0.3) is 0 Å². The Kier molecular flexibility index (Phi) is 5.76. The van der Waals surface area contributed by atoms with Crippen molar-refractivity contribution < 1.29 is 14.7 Å². The van der Waals surface area contributed by atoms with Crippen LogP contribution in [0.3, 0.4) is 0 Å². The van der Waals surface area contributed by atoms with Gasteiger partial charge in [-0.1, -0.05) is 12.1 Å². The van der Waals surface area contributed by atoms with Crippen LogP contribution in [0, 0.1) is 5.92 Å². The van der Waals surface area contributed by atoms with E-state index in [4.69, 9.17) is 5.11 Å². The second-order valence-corrected chi connectivity index (χ2v) is 6.20. The third-order valence-corrected chi connectivity index (χ3v) is 4.34. The molecule has 1 aromatic carbocycles. The molecular formula is C15H19BrN2O3. The summed E-state index contributed by atoms with van der Waals surface area (Å²) in [4.78, 5) is 24.7. The number of rotatable bonds is 6. The maximum atomic E-state index is 12.0. The lowest BCUT2D eigenvalue weighted by Gasteiger charge is -2.16. The molecule has 0 bridgehead atoms. The molecule has 1 unspecified atom stereocenters. The lowest BCUT2D eigenvalue weighted by Crippen LogP contribution is -2.31. The quantitative estimate of drug-likeness (QED) is 0.823. The highest BCUT2D eigenvalue weighted by molar-refractivity contribution is 9.10. The zero-order chi connectivity index (χ0) is 15.2. The van der Waals surface area contributed by atoms with Gasteiger partial charge in [0.1, 0.15) is 0 Å². The Bertz CT molecular complexity index is 521. The molecule has 1 aromatic rings. The van der Waals surface area contributed by atoms with E-state index in [2.05, 4.69) is 26.1 Å². The SMILES string of the molecule is O=C(O)CCC1CCN(CC(=O)Nc2ccccc2Br)C1. The fourth-order valence-corrected chi connectivity index (χ4v) is 2.96. The minimum Gasteiger partial charge on any atom is -0.481 e. The average molecular weight is 355 g/mol. The number of amides is 1. The number of hydrogen-bond donors (Lipinski definition) is 2. The van der Waals surface area contributed by atoms with Crippen LogP contribution in [-0.2, 0) is 9.59 Å². The molecule has 2 rings (SSSR count). The van der Waals surface area contributed by atoms with E-state index in [1.165, 1.54) is 0 Å². The third kappa shape index (κ3) is 5.13. The van der Waals surface area contributed by atoms with Crippen molar-refractivity contribution in [3.8, 4) is 0 Å². The van der Waals surface area contributed by atoms with Gasteiger partial charge in [-0.05, 0) is 53.4 Å². The Morgan fingerprint density at radius 2 is 2.14 bits per heavy atom. The first-order chi connectivity index (χ1) is 10.0. The normalized spacial score (nSPS) is 18.6. The summed E-state index contributed by atoms with van der Waals surface area (Å²) in [5, 5.41) is 11.6. The molecular weight excluding hydrogens is 336 g/mol. The van der Waals surface area contributed by atoms with Crippen molar-refractivity contribution in [3.05, 3.63) is 28.7 Å². The Balaban J connectivity index is 1.76. The lowest BCUT2D eigenvalue weighted by atomic mass is 10.0. The van der Waals surface area contributed by atoms with Gasteiger partial charge in [0.05, 0.1) is 12.2 Å². The van der Waals surface area contributed by atoms with Crippen LogP contribution in [0.2, 0.25) is 0 Å². The number of carbonyl (C=O) groups excluding carboxylic acids is 1. The highest BCUT2D eigenvalue weighted by Crippen LogP contribution is 2.23. The van der Waals surface area contributed by atoms with Gasteiger partial charge in [-0.25, -0.2) is 0 Å². The Morgan fingerprint density at radius 1 is 1.38 bits per heavy atom. The van der Waals surface area contributed by atoms with Crippen LogP contribution in [0.1, 0.15) is 19.3 Å². The first-order valence-corrected chi connectivity index (χ1v) is 7.82. The van der Waals surface area contributed by atoms with Crippen LogP contribution in [0.15, 0.2) is 28.7 Å². The molecule has 1 heterocycles. The molecule has 6 heteroatoms. The maximum Gasteiger partial charge on any atom is 0.303 e. The molecule has 1 atom stereocenters. The molecule has 1 fully saturated rings. The molecule has 1 aliphatic rings. The van der Waals surface area contributed by atoms with E-state index in [9.17, 15) is 9.59 Å². The third-order valence-electron chi connectivity index (χ3n) is 3.65. The number of carboxylic acids is 1. The van der Waals surface area contributed by atoms with Crippen molar-refractivity contribution in [3.63, 3.8) is 0 Å². The smallest absolute Gasteiger partial charge is 0.303 e. The van der Waals surface area contributed by atoms with Gasteiger partial charge in [0, 0.05) is 17.4 Å². The van der Waals surface area contributed by atoms with Crippen molar-refractivity contribution in [1.82, 2.24) is 4.90 Å².